The highest BCUT2D eigenvalue weighted by molar-refractivity contribution is 5.19. The minimum absolute atomic E-state index is 0.274. The average Bonchev–Trinajstić information content (AvgIpc) is 2.64. The number of aliphatic hydroxyl groups excluding tert-OH is 5. The van der Waals surface area contributed by atoms with E-state index in [0.29, 0.717) is 25.7 Å². The summed E-state index contributed by atoms with van der Waals surface area (Å²) in [5.41, 5.74) is -0.667. The van der Waals surface area contributed by atoms with E-state index in [2.05, 4.69) is 6.58 Å². The summed E-state index contributed by atoms with van der Waals surface area (Å²) in [6.07, 6.45) is -5.53. The van der Waals surface area contributed by atoms with Crippen molar-refractivity contribution in [3.05, 3.63) is 12.2 Å². The molecule has 3 rings (SSSR count). The zero-order valence-electron chi connectivity index (χ0n) is 17.4. The van der Waals surface area contributed by atoms with Crippen molar-refractivity contribution in [3.63, 3.8) is 0 Å². The van der Waals surface area contributed by atoms with Gasteiger partial charge in [-0.15, -0.1) is 0 Å². The summed E-state index contributed by atoms with van der Waals surface area (Å²) in [7, 11) is 0. The topological polar surface area (TPSA) is 140 Å². The van der Waals surface area contributed by atoms with Gasteiger partial charge in [-0.05, 0) is 39.5 Å². The van der Waals surface area contributed by atoms with Gasteiger partial charge in [0.2, 0.25) is 0 Å². The van der Waals surface area contributed by atoms with Crippen LogP contribution in [0.4, 0.5) is 0 Å². The molecule has 1 unspecified atom stereocenters. The molecular weight excluding hydrogens is 380 g/mol. The predicted molar refractivity (Wildman–Crippen MR) is 104 cm³/mol. The first-order chi connectivity index (χ1) is 13.4. The van der Waals surface area contributed by atoms with Crippen LogP contribution in [0.15, 0.2) is 12.2 Å². The van der Waals surface area contributed by atoms with Crippen LogP contribution >= 0.6 is 0 Å². The molecule has 8 heteroatoms. The molecule has 2 aliphatic carbocycles. The molecule has 0 aromatic rings. The summed E-state index contributed by atoms with van der Waals surface area (Å²) >= 11 is 0. The van der Waals surface area contributed by atoms with Gasteiger partial charge in [0.25, 0.3) is 0 Å². The number of hydrogen-bond acceptors (Lipinski definition) is 8. The Labute approximate surface area is 171 Å². The van der Waals surface area contributed by atoms with Gasteiger partial charge in [0.1, 0.15) is 24.4 Å². The zero-order chi connectivity index (χ0) is 21.7. The van der Waals surface area contributed by atoms with Crippen LogP contribution in [0.3, 0.4) is 0 Å². The van der Waals surface area contributed by atoms with E-state index in [-0.39, 0.29) is 11.8 Å². The van der Waals surface area contributed by atoms with Crippen molar-refractivity contribution in [2.75, 3.05) is 6.61 Å². The Morgan fingerprint density at radius 2 is 1.79 bits per heavy atom. The second-order valence-corrected chi connectivity index (χ2v) is 9.79. The molecule has 168 valence electrons. The summed E-state index contributed by atoms with van der Waals surface area (Å²) in [6.45, 7) is 9.06. The van der Waals surface area contributed by atoms with E-state index in [0.717, 1.165) is 5.57 Å². The second kappa shape index (κ2) is 8.16. The van der Waals surface area contributed by atoms with Crippen LogP contribution in [-0.2, 0) is 9.47 Å². The lowest BCUT2D eigenvalue weighted by atomic mass is 9.53. The van der Waals surface area contributed by atoms with E-state index < -0.39 is 60.5 Å². The van der Waals surface area contributed by atoms with E-state index in [4.69, 9.17) is 9.47 Å². The molecule has 0 radical (unpaired) electrons. The highest BCUT2D eigenvalue weighted by Gasteiger charge is 2.57. The molecule has 3 aliphatic rings. The summed E-state index contributed by atoms with van der Waals surface area (Å²) in [5, 5.41) is 61.6. The SMILES string of the molecule is C=C1CC[C@H](O)[C@@]2(C)CC[C@@H](C(C)(C)O)[C@@H](O[C@@H]3O[C@H](CO)[C@@H](O)[C@H](O)[C@H]3O)C12. The molecule has 1 saturated heterocycles. The molecule has 10 atom stereocenters. The van der Waals surface area contributed by atoms with Crippen molar-refractivity contribution in [2.24, 2.45) is 17.3 Å². The second-order valence-electron chi connectivity index (χ2n) is 9.79. The molecule has 0 aromatic carbocycles. The number of ether oxygens (including phenoxy) is 2. The minimum Gasteiger partial charge on any atom is -0.394 e. The van der Waals surface area contributed by atoms with Gasteiger partial charge >= 0.3 is 0 Å². The van der Waals surface area contributed by atoms with E-state index >= 15 is 0 Å². The van der Waals surface area contributed by atoms with Crippen LogP contribution in [0.25, 0.3) is 0 Å². The monoisotopic (exact) mass is 416 g/mol. The first kappa shape index (κ1) is 23.1. The smallest absolute Gasteiger partial charge is 0.187 e. The number of hydrogen-bond donors (Lipinski definition) is 6. The van der Waals surface area contributed by atoms with Crippen LogP contribution in [0.5, 0.6) is 0 Å². The van der Waals surface area contributed by atoms with Crippen LogP contribution in [0, 0.1) is 17.3 Å². The molecule has 0 amide bonds. The maximum Gasteiger partial charge on any atom is 0.187 e. The van der Waals surface area contributed by atoms with E-state index in [9.17, 15) is 30.6 Å². The van der Waals surface area contributed by atoms with Gasteiger partial charge < -0.3 is 40.1 Å². The zero-order valence-corrected chi connectivity index (χ0v) is 17.4. The van der Waals surface area contributed by atoms with E-state index in [1.165, 1.54) is 0 Å². The van der Waals surface area contributed by atoms with E-state index in [1.807, 2.05) is 6.92 Å². The molecule has 29 heavy (non-hydrogen) atoms. The standard InChI is InChI=1S/C21H36O8/c1-10-5-6-13(23)21(4)8-7-11(20(2,3)27)18(14(10)21)29-19-17(26)16(25)15(24)12(9-22)28-19/h11-19,22-27H,1,5-9H2,2-4H3/t11-,12-,13+,14?,15-,16+,17-,18-,19+,21-/m1/s1. The van der Waals surface area contributed by atoms with E-state index in [1.54, 1.807) is 13.8 Å². The maximum atomic E-state index is 10.8. The number of rotatable bonds is 4. The Hall–Kier alpha value is -0.580. The quantitative estimate of drug-likeness (QED) is 0.343. The molecule has 0 bridgehead atoms. The summed E-state index contributed by atoms with van der Waals surface area (Å²) in [4.78, 5) is 0. The Kier molecular flexibility index (Phi) is 6.50. The van der Waals surface area contributed by atoms with Gasteiger partial charge in [-0.25, -0.2) is 0 Å². The van der Waals surface area contributed by atoms with Gasteiger partial charge in [0.15, 0.2) is 6.29 Å². The van der Waals surface area contributed by atoms with Crippen LogP contribution in [0.2, 0.25) is 0 Å². The van der Waals surface area contributed by atoms with Gasteiger partial charge in [0, 0.05) is 17.3 Å². The Morgan fingerprint density at radius 1 is 1.14 bits per heavy atom. The molecule has 0 aromatic heterocycles. The van der Waals surface area contributed by atoms with Crippen molar-refractivity contribution in [1.82, 2.24) is 0 Å². The fourth-order valence-electron chi connectivity index (χ4n) is 5.54. The van der Waals surface area contributed by atoms with Gasteiger partial charge in [-0.2, -0.15) is 0 Å². The van der Waals surface area contributed by atoms with Crippen molar-refractivity contribution in [2.45, 2.75) is 95.0 Å². The maximum absolute atomic E-state index is 10.8. The number of aliphatic hydroxyl groups is 6. The normalized spacial score (nSPS) is 49.0. The van der Waals surface area contributed by atoms with Crippen molar-refractivity contribution in [3.8, 4) is 0 Å². The molecule has 1 heterocycles. The van der Waals surface area contributed by atoms with Crippen LogP contribution in [0.1, 0.15) is 46.5 Å². The van der Waals surface area contributed by atoms with Gasteiger partial charge in [-0.1, -0.05) is 19.1 Å². The molecule has 8 nitrogen and oxygen atoms in total. The summed E-state index contributed by atoms with van der Waals surface area (Å²) in [6, 6.07) is 0. The fraction of sp³-hybridized carbons (Fsp3) is 0.905. The third kappa shape index (κ3) is 4.02. The Bertz CT molecular complexity index is 602. The summed E-state index contributed by atoms with van der Waals surface area (Å²) in [5.74, 6) is -0.598. The molecule has 3 fully saturated rings. The van der Waals surface area contributed by atoms with Gasteiger partial charge in [0.05, 0.1) is 24.4 Å². The first-order valence-corrected chi connectivity index (χ1v) is 10.5. The molecule has 0 spiro atoms. The van der Waals surface area contributed by atoms with Gasteiger partial charge in [-0.3, -0.25) is 0 Å². The molecule has 6 N–H and O–H groups in total. The highest BCUT2D eigenvalue weighted by atomic mass is 16.7. The Balaban J connectivity index is 1.94. The predicted octanol–water partition coefficient (Wildman–Crippen LogP) is -0.314. The summed E-state index contributed by atoms with van der Waals surface area (Å²) < 4.78 is 11.8. The first-order valence-electron chi connectivity index (χ1n) is 10.5. The molecule has 2 saturated carbocycles. The lowest BCUT2D eigenvalue weighted by Crippen LogP contribution is -2.63. The lowest BCUT2D eigenvalue weighted by molar-refractivity contribution is -0.330. The average molecular weight is 417 g/mol. The Morgan fingerprint density at radius 3 is 2.38 bits per heavy atom. The van der Waals surface area contributed by atoms with Crippen LogP contribution in [-0.4, -0.2) is 85.8 Å². The molecule has 1 aliphatic heterocycles. The van der Waals surface area contributed by atoms with Crippen LogP contribution < -0.4 is 0 Å². The fourth-order valence-corrected chi connectivity index (χ4v) is 5.54. The van der Waals surface area contributed by atoms with Crippen molar-refractivity contribution in [1.29, 1.82) is 0 Å². The third-order valence-electron chi connectivity index (χ3n) is 7.42. The minimum atomic E-state index is -1.54. The largest absolute Gasteiger partial charge is 0.394 e. The third-order valence-corrected chi connectivity index (χ3v) is 7.42. The number of fused-ring (bicyclic) bond motifs is 1. The van der Waals surface area contributed by atoms with Crippen molar-refractivity contribution < 1.29 is 40.1 Å². The highest BCUT2D eigenvalue weighted by Crippen LogP contribution is 2.56. The van der Waals surface area contributed by atoms with Crippen molar-refractivity contribution >= 4 is 0 Å². The molecular formula is C21H36O8. The lowest BCUT2D eigenvalue weighted by Gasteiger charge is -2.57.